The number of amides is 1. The number of halogens is 2. The Morgan fingerprint density at radius 3 is 2.92 bits per heavy atom. The summed E-state index contributed by atoms with van der Waals surface area (Å²) >= 11 is 5.97. The first-order chi connectivity index (χ1) is 11.7. The molecule has 8 heteroatoms. The van der Waals surface area contributed by atoms with E-state index in [-0.39, 0.29) is 22.6 Å². The largest absolute Gasteiger partial charge is 0.444 e. The highest BCUT2D eigenvalue weighted by molar-refractivity contribution is 6.33. The Hall–Kier alpha value is -1.89. The zero-order chi connectivity index (χ0) is 18.2. The molecule has 0 aromatic carbocycles. The predicted octanol–water partition coefficient (Wildman–Crippen LogP) is 3.87. The number of nitrogens with zero attached hydrogens (tertiary/aromatic N) is 4. The molecule has 0 saturated carbocycles. The van der Waals surface area contributed by atoms with Crippen LogP contribution in [0, 0.1) is 11.7 Å². The fourth-order valence-electron chi connectivity index (χ4n) is 3.16. The van der Waals surface area contributed by atoms with Crippen molar-refractivity contribution in [1.82, 2.24) is 19.4 Å². The van der Waals surface area contributed by atoms with Gasteiger partial charge in [0, 0.05) is 25.8 Å². The van der Waals surface area contributed by atoms with Gasteiger partial charge in [0.25, 0.3) is 0 Å². The molecule has 3 rings (SSSR count). The number of carbonyl (C=O) groups is 1. The summed E-state index contributed by atoms with van der Waals surface area (Å²) in [6, 6.07) is 0. The van der Waals surface area contributed by atoms with Crippen LogP contribution < -0.4 is 0 Å². The maximum Gasteiger partial charge on any atom is 0.410 e. The van der Waals surface area contributed by atoms with Gasteiger partial charge < -0.3 is 14.2 Å². The first-order valence-corrected chi connectivity index (χ1v) is 8.75. The van der Waals surface area contributed by atoms with Gasteiger partial charge in [0.05, 0.1) is 5.39 Å². The van der Waals surface area contributed by atoms with E-state index in [0.717, 1.165) is 12.8 Å². The average Bonchev–Trinajstić information content (AvgIpc) is 2.83. The van der Waals surface area contributed by atoms with Gasteiger partial charge in [0.2, 0.25) is 0 Å². The van der Waals surface area contributed by atoms with E-state index in [1.165, 1.54) is 12.5 Å². The maximum absolute atomic E-state index is 14.1. The zero-order valence-corrected chi connectivity index (χ0v) is 15.4. The van der Waals surface area contributed by atoms with E-state index in [4.69, 9.17) is 16.3 Å². The minimum absolute atomic E-state index is 0.111. The summed E-state index contributed by atoms with van der Waals surface area (Å²) in [5.74, 6) is -0.231. The van der Waals surface area contributed by atoms with Crippen molar-refractivity contribution < 1.29 is 13.9 Å². The number of ether oxygens (including phenoxy) is 1. The van der Waals surface area contributed by atoms with Crippen LogP contribution in [0.15, 0.2) is 12.5 Å². The molecule has 136 valence electrons. The van der Waals surface area contributed by atoms with Crippen LogP contribution in [0.3, 0.4) is 0 Å². The van der Waals surface area contributed by atoms with Gasteiger partial charge in [0.15, 0.2) is 5.82 Å². The lowest BCUT2D eigenvalue weighted by atomic mass is 9.98. The second-order valence-corrected chi connectivity index (χ2v) is 7.79. The smallest absolute Gasteiger partial charge is 0.410 e. The van der Waals surface area contributed by atoms with Crippen LogP contribution in [0.2, 0.25) is 5.15 Å². The number of carbonyl (C=O) groups excluding carboxylic acids is 1. The van der Waals surface area contributed by atoms with Crippen LogP contribution in [-0.4, -0.2) is 44.2 Å². The van der Waals surface area contributed by atoms with E-state index in [9.17, 15) is 9.18 Å². The van der Waals surface area contributed by atoms with E-state index in [0.29, 0.717) is 25.3 Å². The summed E-state index contributed by atoms with van der Waals surface area (Å²) in [6.07, 6.45) is 4.28. The van der Waals surface area contributed by atoms with Crippen molar-refractivity contribution in [2.24, 2.45) is 5.92 Å². The minimum Gasteiger partial charge on any atom is -0.444 e. The molecule has 0 radical (unpaired) electrons. The molecule has 1 amide bonds. The number of hydrogen-bond acceptors (Lipinski definition) is 4. The first kappa shape index (κ1) is 17.9. The molecule has 0 unspecified atom stereocenters. The lowest BCUT2D eigenvalue weighted by Gasteiger charge is -2.34. The van der Waals surface area contributed by atoms with E-state index in [2.05, 4.69) is 9.97 Å². The molecule has 0 bridgehead atoms. The SMILES string of the molecule is CC(C)(C)OC(=O)N1CCC[C@H](Cn2cc(F)c3c(Cl)ncnc32)C1. The third-order valence-electron chi connectivity index (χ3n) is 4.19. The summed E-state index contributed by atoms with van der Waals surface area (Å²) in [4.78, 5) is 22.0. The molecule has 3 heterocycles. The molecule has 6 nitrogen and oxygen atoms in total. The van der Waals surface area contributed by atoms with Crippen molar-refractivity contribution in [1.29, 1.82) is 0 Å². The molecule has 0 spiro atoms. The number of fused-ring (bicyclic) bond motifs is 1. The monoisotopic (exact) mass is 368 g/mol. The van der Waals surface area contributed by atoms with Crippen molar-refractivity contribution >= 4 is 28.7 Å². The van der Waals surface area contributed by atoms with Gasteiger partial charge in [-0.3, -0.25) is 0 Å². The van der Waals surface area contributed by atoms with Crippen molar-refractivity contribution in [3.8, 4) is 0 Å². The van der Waals surface area contributed by atoms with Crippen LogP contribution in [0.1, 0.15) is 33.6 Å². The zero-order valence-electron chi connectivity index (χ0n) is 14.6. The highest BCUT2D eigenvalue weighted by Gasteiger charge is 2.28. The highest BCUT2D eigenvalue weighted by Crippen LogP contribution is 2.27. The van der Waals surface area contributed by atoms with Crippen LogP contribution in [0.25, 0.3) is 11.0 Å². The second kappa shape index (κ2) is 6.78. The number of likely N-dealkylation sites (tertiary alicyclic amines) is 1. The Bertz CT molecular complexity index is 787. The normalized spacial score (nSPS) is 18.6. The van der Waals surface area contributed by atoms with Crippen molar-refractivity contribution in [3.63, 3.8) is 0 Å². The first-order valence-electron chi connectivity index (χ1n) is 8.37. The topological polar surface area (TPSA) is 60.2 Å². The summed E-state index contributed by atoms with van der Waals surface area (Å²) < 4.78 is 21.3. The van der Waals surface area contributed by atoms with Gasteiger partial charge in [0.1, 0.15) is 22.7 Å². The second-order valence-electron chi connectivity index (χ2n) is 7.43. The van der Waals surface area contributed by atoms with Gasteiger partial charge in [-0.1, -0.05) is 11.6 Å². The van der Waals surface area contributed by atoms with Crippen LogP contribution in [0.5, 0.6) is 0 Å². The third kappa shape index (κ3) is 4.03. The lowest BCUT2D eigenvalue weighted by Crippen LogP contribution is -2.43. The Labute approximate surface area is 150 Å². The number of hydrogen-bond donors (Lipinski definition) is 0. The number of piperidine rings is 1. The molecule has 0 N–H and O–H groups in total. The lowest BCUT2D eigenvalue weighted by molar-refractivity contribution is 0.0157. The molecule has 2 aromatic heterocycles. The Morgan fingerprint density at radius 1 is 1.44 bits per heavy atom. The van der Waals surface area contributed by atoms with Gasteiger partial charge in [-0.05, 0) is 39.5 Å². The van der Waals surface area contributed by atoms with E-state index >= 15 is 0 Å². The summed E-state index contributed by atoms with van der Waals surface area (Å²) in [7, 11) is 0. The van der Waals surface area contributed by atoms with Gasteiger partial charge in [-0.2, -0.15) is 0 Å². The maximum atomic E-state index is 14.1. The minimum atomic E-state index is -0.516. The summed E-state index contributed by atoms with van der Waals surface area (Å²) in [5.41, 5.74) is -0.0378. The molecule has 1 aliphatic heterocycles. The molecule has 0 aliphatic carbocycles. The van der Waals surface area contributed by atoms with Crippen LogP contribution in [-0.2, 0) is 11.3 Å². The van der Waals surface area contributed by atoms with E-state index in [1.807, 2.05) is 20.8 Å². The molecule has 1 saturated heterocycles. The molecular weight excluding hydrogens is 347 g/mol. The van der Waals surface area contributed by atoms with Crippen molar-refractivity contribution in [2.75, 3.05) is 13.1 Å². The fourth-order valence-corrected chi connectivity index (χ4v) is 3.38. The quantitative estimate of drug-likeness (QED) is 0.755. The molecular formula is C17H22ClFN4O2. The highest BCUT2D eigenvalue weighted by atomic mass is 35.5. The van der Waals surface area contributed by atoms with Crippen molar-refractivity contribution in [3.05, 3.63) is 23.5 Å². The third-order valence-corrected chi connectivity index (χ3v) is 4.47. The fraction of sp³-hybridized carbons (Fsp3) is 0.588. The Balaban J connectivity index is 1.73. The van der Waals surface area contributed by atoms with Crippen LogP contribution in [0.4, 0.5) is 9.18 Å². The molecule has 1 atom stereocenters. The van der Waals surface area contributed by atoms with Crippen molar-refractivity contribution in [2.45, 2.75) is 45.8 Å². The molecule has 2 aromatic rings. The van der Waals surface area contributed by atoms with E-state index in [1.54, 1.807) is 9.47 Å². The Kier molecular flexibility index (Phi) is 4.86. The molecule has 1 aliphatic rings. The number of rotatable bonds is 2. The van der Waals surface area contributed by atoms with Crippen LogP contribution >= 0.6 is 11.6 Å². The standard InChI is InChI=1S/C17H22ClFN4O2/c1-17(2,3)25-16(24)22-6-4-5-11(7-22)8-23-9-12(19)13-14(18)20-10-21-15(13)23/h9-11H,4-8H2,1-3H3/t11-/m0/s1. The molecule has 1 fully saturated rings. The Morgan fingerprint density at radius 2 is 2.20 bits per heavy atom. The predicted molar refractivity (Wildman–Crippen MR) is 93.0 cm³/mol. The van der Waals surface area contributed by atoms with Gasteiger partial charge >= 0.3 is 6.09 Å². The van der Waals surface area contributed by atoms with E-state index < -0.39 is 11.4 Å². The van der Waals surface area contributed by atoms with Gasteiger partial charge in [-0.25, -0.2) is 19.2 Å². The number of aromatic nitrogens is 3. The van der Waals surface area contributed by atoms with Gasteiger partial charge in [-0.15, -0.1) is 0 Å². The average molecular weight is 369 g/mol. The summed E-state index contributed by atoms with van der Waals surface area (Å²) in [5, 5.41) is 0.351. The molecule has 25 heavy (non-hydrogen) atoms. The summed E-state index contributed by atoms with van der Waals surface area (Å²) in [6.45, 7) is 7.38.